The molecular formula is C17H18N4O3. The third-order valence-electron chi connectivity index (χ3n) is 4.31. The van der Waals surface area contributed by atoms with E-state index in [-0.39, 0.29) is 28.2 Å². The molecule has 124 valence electrons. The number of primary amides is 1. The van der Waals surface area contributed by atoms with E-state index in [0.717, 1.165) is 5.56 Å². The van der Waals surface area contributed by atoms with Gasteiger partial charge in [-0.25, -0.2) is 0 Å². The maximum Gasteiger partial charge on any atom is 0.275 e. The van der Waals surface area contributed by atoms with Crippen LogP contribution in [0.15, 0.2) is 29.2 Å². The minimum Gasteiger partial charge on any atom is -0.508 e. The Bertz CT molecular complexity index is 1060. The van der Waals surface area contributed by atoms with Gasteiger partial charge in [-0.1, -0.05) is 6.07 Å². The van der Waals surface area contributed by atoms with Crippen LogP contribution in [0.1, 0.15) is 21.5 Å². The molecule has 0 bridgehead atoms. The third-order valence-corrected chi connectivity index (χ3v) is 4.31. The van der Waals surface area contributed by atoms with Crippen LogP contribution in [0.25, 0.3) is 16.6 Å². The Morgan fingerprint density at radius 3 is 2.50 bits per heavy atom. The number of hydrogen-bond donors (Lipinski definition) is 3. The fourth-order valence-corrected chi connectivity index (χ4v) is 3.06. The lowest BCUT2D eigenvalue weighted by molar-refractivity contribution is 0.100. The van der Waals surface area contributed by atoms with Crippen molar-refractivity contribution in [3.05, 3.63) is 51.4 Å². The zero-order valence-corrected chi connectivity index (χ0v) is 13.6. The van der Waals surface area contributed by atoms with Gasteiger partial charge in [-0.2, -0.15) is 0 Å². The number of rotatable bonds is 2. The summed E-state index contributed by atoms with van der Waals surface area (Å²) in [6.45, 7) is 3.56. The summed E-state index contributed by atoms with van der Waals surface area (Å²) in [5.74, 6) is -0.553. The summed E-state index contributed by atoms with van der Waals surface area (Å²) >= 11 is 0. The van der Waals surface area contributed by atoms with Crippen LogP contribution in [0, 0.1) is 13.8 Å². The number of phenolic OH excluding ortho intramolecular Hbond substituents is 1. The Kier molecular flexibility index (Phi) is 3.37. The van der Waals surface area contributed by atoms with Gasteiger partial charge in [-0.15, -0.1) is 0 Å². The number of pyridine rings is 1. The maximum atomic E-state index is 12.7. The molecule has 0 aliphatic carbocycles. The maximum absolute atomic E-state index is 12.7. The summed E-state index contributed by atoms with van der Waals surface area (Å²) in [7, 11) is 1.61. The van der Waals surface area contributed by atoms with Crippen molar-refractivity contribution < 1.29 is 9.90 Å². The van der Waals surface area contributed by atoms with Gasteiger partial charge >= 0.3 is 0 Å². The Balaban J connectivity index is 2.62. The van der Waals surface area contributed by atoms with E-state index in [2.05, 4.69) is 0 Å². The summed E-state index contributed by atoms with van der Waals surface area (Å²) in [6.07, 6.45) is 1.56. The molecule has 0 spiro atoms. The van der Waals surface area contributed by atoms with E-state index < -0.39 is 5.91 Å². The van der Waals surface area contributed by atoms with Crippen molar-refractivity contribution in [3.8, 4) is 11.4 Å². The number of anilines is 1. The first kappa shape index (κ1) is 15.7. The number of phenols is 1. The van der Waals surface area contributed by atoms with Crippen LogP contribution in [0.4, 0.5) is 5.82 Å². The smallest absolute Gasteiger partial charge is 0.275 e. The van der Waals surface area contributed by atoms with E-state index in [4.69, 9.17) is 11.5 Å². The molecule has 0 unspecified atom stereocenters. The van der Waals surface area contributed by atoms with E-state index >= 15 is 0 Å². The zero-order valence-electron chi connectivity index (χ0n) is 13.6. The molecule has 0 aliphatic rings. The molecule has 0 fully saturated rings. The van der Waals surface area contributed by atoms with Gasteiger partial charge < -0.3 is 21.1 Å². The van der Waals surface area contributed by atoms with Gasteiger partial charge in [-0.05, 0) is 31.5 Å². The SMILES string of the molecule is Cc1ccc(O)c(C)c1-n1c(N)c(C(N)=O)c2ccn(C)c(=O)c21. The number of carbonyl (C=O) groups is 1. The van der Waals surface area contributed by atoms with E-state index in [1.165, 1.54) is 9.13 Å². The average Bonchev–Trinajstić information content (AvgIpc) is 2.81. The molecule has 0 radical (unpaired) electrons. The lowest BCUT2D eigenvalue weighted by Crippen LogP contribution is -2.19. The highest BCUT2D eigenvalue weighted by Gasteiger charge is 2.24. The molecule has 1 amide bonds. The molecule has 0 atom stereocenters. The van der Waals surface area contributed by atoms with Gasteiger partial charge in [0.1, 0.15) is 17.1 Å². The second-order valence-electron chi connectivity index (χ2n) is 5.83. The molecule has 5 N–H and O–H groups in total. The first-order valence-electron chi connectivity index (χ1n) is 7.34. The molecular weight excluding hydrogens is 308 g/mol. The molecule has 0 saturated carbocycles. The number of aromatic nitrogens is 2. The number of carbonyl (C=O) groups excluding carboxylic acids is 1. The quantitative estimate of drug-likeness (QED) is 0.658. The molecule has 3 rings (SSSR count). The Morgan fingerprint density at radius 2 is 1.88 bits per heavy atom. The lowest BCUT2D eigenvalue weighted by atomic mass is 10.1. The van der Waals surface area contributed by atoms with Gasteiger partial charge in [0.2, 0.25) is 0 Å². The summed E-state index contributed by atoms with van der Waals surface area (Å²) in [5.41, 5.74) is 13.6. The van der Waals surface area contributed by atoms with Gasteiger partial charge in [0, 0.05) is 24.2 Å². The van der Waals surface area contributed by atoms with Gasteiger partial charge in [0.15, 0.2) is 0 Å². The van der Waals surface area contributed by atoms with Gasteiger partial charge in [-0.3, -0.25) is 14.2 Å². The van der Waals surface area contributed by atoms with Crippen molar-refractivity contribution >= 4 is 22.6 Å². The van der Waals surface area contributed by atoms with Crippen molar-refractivity contribution in [1.29, 1.82) is 0 Å². The van der Waals surface area contributed by atoms with Crippen molar-refractivity contribution in [1.82, 2.24) is 9.13 Å². The van der Waals surface area contributed by atoms with Crippen LogP contribution < -0.4 is 17.0 Å². The fourth-order valence-electron chi connectivity index (χ4n) is 3.06. The number of benzene rings is 1. The minimum atomic E-state index is -0.708. The number of nitrogens with two attached hydrogens (primary N) is 2. The Morgan fingerprint density at radius 1 is 1.21 bits per heavy atom. The highest BCUT2D eigenvalue weighted by molar-refractivity contribution is 6.11. The van der Waals surface area contributed by atoms with Crippen molar-refractivity contribution in [3.63, 3.8) is 0 Å². The van der Waals surface area contributed by atoms with Crippen LogP contribution in [0.5, 0.6) is 5.75 Å². The van der Waals surface area contributed by atoms with Crippen LogP contribution in [0.3, 0.4) is 0 Å². The van der Waals surface area contributed by atoms with Crippen LogP contribution in [-0.2, 0) is 7.05 Å². The predicted molar refractivity (Wildman–Crippen MR) is 92.6 cm³/mol. The summed E-state index contributed by atoms with van der Waals surface area (Å²) < 4.78 is 2.90. The predicted octanol–water partition coefficient (Wildman–Crippen LogP) is 1.33. The molecule has 7 nitrogen and oxygen atoms in total. The standard InChI is InChI=1S/C17H18N4O3/c1-8-4-5-11(22)9(2)13(8)21-14-10(6-7-20(3)17(14)24)12(15(21)18)16(19)23/h4-7,22H,18H2,1-3H3,(H2,19,23). The Hall–Kier alpha value is -3.22. The lowest BCUT2D eigenvalue weighted by Gasteiger charge is -2.15. The second kappa shape index (κ2) is 5.16. The molecule has 3 aromatic rings. The molecule has 2 heterocycles. The largest absolute Gasteiger partial charge is 0.508 e. The average molecular weight is 326 g/mol. The van der Waals surface area contributed by atoms with Gasteiger partial charge in [0.05, 0.1) is 11.3 Å². The van der Waals surface area contributed by atoms with Crippen LogP contribution >= 0.6 is 0 Å². The zero-order chi connectivity index (χ0) is 17.8. The molecule has 1 aromatic carbocycles. The highest BCUT2D eigenvalue weighted by Crippen LogP contribution is 2.34. The highest BCUT2D eigenvalue weighted by atomic mass is 16.3. The Labute approximate surface area is 137 Å². The van der Waals surface area contributed by atoms with Crippen molar-refractivity contribution in [2.24, 2.45) is 12.8 Å². The van der Waals surface area contributed by atoms with E-state index in [9.17, 15) is 14.7 Å². The summed E-state index contributed by atoms with van der Waals surface area (Å²) in [4.78, 5) is 24.6. The van der Waals surface area contributed by atoms with Crippen LogP contribution in [-0.4, -0.2) is 20.1 Å². The number of aromatic hydroxyl groups is 1. The van der Waals surface area contributed by atoms with E-state index in [1.807, 2.05) is 6.92 Å². The fraction of sp³-hybridized carbons (Fsp3) is 0.176. The first-order valence-corrected chi connectivity index (χ1v) is 7.34. The monoisotopic (exact) mass is 326 g/mol. The van der Waals surface area contributed by atoms with E-state index in [0.29, 0.717) is 16.6 Å². The summed E-state index contributed by atoms with van der Waals surface area (Å²) in [5, 5.41) is 10.5. The number of hydrogen-bond acceptors (Lipinski definition) is 4. The number of fused-ring (bicyclic) bond motifs is 1. The molecule has 2 aromatic heterocycles. The van der Waals surface area contributed by atoms with Gasteiger partial charge in [0.25, 0.3) is 11.5 Å². The molecule has 7 heteroatoms. The number of amides is 1. The van der Waals surface area contributed by atoms with E-state index in [1.54, 1.807) is 38.4 Å². The van der Waals surface area contributed by atoms with Crippen LogP contribution in [0.2, 0.25) is 0 Å². The summed E-state index contributed by atoms with van der Waals surface area (Å²) in [6, 6.07) is 4.93. The molecule has 24 heavy (non-hydrogen) atoms. The first-order chi connectivity index (χ1) is 11.3. The number of aryl methyl sites for hydroxylation is 2. The topological polar surface area (TPSA) is 116 Å². The minimum absolute atomic E-state index is 0.0743. The van der Waals surface area contributed by atoms with Crippen molar-refractivity contribution in [2.45, 2.75) is 13.8 Å². The normalized spacial score (nSPS) is 11.1. The number of nitrogen functional groups attached to an aromatic ring is 1. The molecule has 0 saturated heterocycles. The number of nitrogens with zero attached hydrogens (tertiary/aromatic N) is 2. The second-order valence-corrected chi connectivity index (χ2v) is 5.83. The third kappa shape index (κ3) is 1.98. The molecule has 0 aliphatic heterocycles. The van der Waals surface area contributed by atoms with Crippen molar-refractivity contribution in [2.75, 3.05) is 5.73 Å².